The number of hydrogen-bond acceptors (Lipinski definition) is 5. The van der Waals surface area contributed by atoms with Crippen molar-refractivity contribution in [2.45, 2.75) is 39.3 Å². The Morgan fingerprint density at radius 1 is 1.32 bits per heavy atom. The van der Waals surface area contributed by atoms with Gasteiger partial charge in [-0.05, 0) is 19.0 Å². The lowest BCUT2D eigenvalue weighted by Crippen LogP contribution is -2.22. The van der Waals surface area contributed by atoms with E-state index in [0.717, 1.165) is 18.3 Å². The van der Waals surface area contributed by atoms with E-state index in [9.17, 15) is 4.79 Å². The first-order valence-corrected chi connectivity index (χ1v) is 11.0. The van der Waals surface area contributed by atoms with Crippen LogP contribution in [0.1, 0.15) is 16.2 Å². The summed E-state index contributed by atoms with van der Waals surface area (Å²) in [5.74, 6) is -0.467. The van der Waals surface area contributed by atoms with Gasteiger partial charge in [0.2, 0.25) is 0 Å². The first-order valence-electron chi connectivity index (χ1n) is 7.31. The number of fused-ring (bicyclic) bond motifs is 1. The van der Waals surface area contributed by atoms with Gasteiger partial charge in [-0.15, -0.1) is 0 Å². The maximum atomic E-state index is 11.6. The minimum absolute atomic E-state index is 0.257. The Balaban J connectivity index is 2.13. The van der Waals surface area contributed by atoms with Crippen LogP contribution in [0.25, 0.3) is 11.2 Å². The number of rotatable bonds is 6. The number of carbonyl (C=O) groups is 1. The molecular weight excluding hydrogens is 298 g/mol. The second-order valence-corrected chi connectivity index (χ2v) is 12.1. The molecular formula is C15H23N3O3Si. The Morgan fingerprint density at radius 2 is 2.05 bits per heavy atom. The molecule has 0 aliphatic heterocycles. The molecule has 0 unspecified atom stereocenters. The van der Waals surface area contributed by atoms with Crippen LogP contribution in [0.3, 0.4) is 0 Å². The molecule has 0 bridgehead atoms. The van der Waals surface area contributed by atoms with Crippen LogP contribution in [0.15, 0.2) is 12.3 Å². The normalized spacial score (nSPS) is 11.9. The quantitative estimate of drug-likeness (QED) is 0.465. The highest BCUT2D eigenvalue weighted by Crippen LogP contribution is 2.15. The highest BCUT2D eigenvalue weighted by atomic mass is 28.3. The average molecular weight is 321 g/mol. The lowest BCUT2D eigenvalue weighted by atomic mass is 10.3. The van der Waals surface area contributed by atoms with Crippen LogP contribution in [0.5, 0.6) is 0 Å². The van der Waals surface area contributed by atoms with Gasteiger partial charge < -0.3 is 14.0 Å². The molecule has 0 aliphatic rings. The van der Waals surface area contributed by atoms with E-state index in [1.54, 1.807) is 6.92 Å². The Labute approximate surface area is 131 Å². The van der Waals surface area contributed by atoms with Crippen molar-refractivity contribution >= 4 is 25.2 Å². The van der Waals surface area contributed by atoms with Crippen LogP contribution < -0.4 is 0 Å². The molecule has 6 nitrogen and oxygen atoms in total. The Bertz CT molecular complexity index is 676. The largest absolute Gasteiger partial charge is 0.464 e. The molecule has 0 saturated heterocycles. The predicted octanol–water partition coefficient (Wildman–Crippen LogP) is 2.84. The fourth-order valence-corrected chi connectivity index (χ4v) is 2.77. The molecule has 0 N–H and O–H groups in total. The summed E-state index contributed by atoms with van der Waals surface area (Å²) in [6, 6.07) is 2.96. The summed E-state index contributed by atoms with van der Waals surface area (Å²) in [6.45, 7) is 9.92. The Morgan fingerprint density at radius 3 is 2.68 bits per heavy atom. The molecule has 22 heavy (non-hydrogen) atoms. The zero-order valence-electron chi connectivity index (χ0n) is 13.8. The Hall–Kier alpha value is -1.73. The van der Waals surface area contributed by atoms with E-state index in [1.165, 1.54) is 7.11 Å². The number of methoxy groups -OCH3 is 1. The van der Waals surface area contributed by atoms with Gasteiger partial charge in [0.05, 0.1) is 12.8 Å². The van der Waals surface area contributed by atoms with Crippen LogP contribution in [0, 0.1) is 6.92 Å². The average Bonchev–Trinajstić information content (AvgIpc) is 2.83. The van der Waals surface area contributed by atoms with E-state index in [0.29, 0.717) is 17.9 Å². The third-order valence-corrected chi connectivity index (χ3v) is 5.07. The van der Waals surface area contributed by atoms with Gasteiger partial charge in [0, 0.05) is 20.9 Å². The minimum Gasteiger partial charge on any atom is -0.464 e. The smallest absolute Gasteiger partial charge is 0.358 e. The molecule has 2 aromatic heterocycles. The molecule has 2 aromatic rings. The fourth-order valence-electron chi connectivity index (χ4n) is 2.01. The third kappa shape index (κ3) is 3.92. The van der Waals surface area contributed by atoms with Crippen molar-refractivity contribution in [3.63, 3.8) is 0 Å². The summed E-state index contributed by atoms with van der Waals surface area (Å²) in [4.78, 5) is 20.4. The predicted molar refractivity (Wildman–Crippen MR) is 87.7 cm³/mol. The van der Waals surface area contributed by atoms with Crippen LogP contribution in [-0.2, 0) is 16.2 Å². The highest BCUT2D eigenvalue weighted by molar-refractivity contribution is 6.76. The van der Waals surface area contributed by atoms with Gasteiger partial charge in [0.15, 0.2) is 11.3 Å². The first-order chi connectivity index (χ1) is 10.3. The summed E-state index contributed by atoms with van der Waals surface area (Å²) >= 11 is 0. The van der Waals surface area contributed by atoms with Gasteiger partial charge in [-0.2, -0.15) is 0 Å². The number of nitrogens with zero attached hydrogens (tertiary/aromatic N) is 3. The van der Waals surface area contributed by atoms with Gasteiger partial charge in [0.25, 0.3) is 0 Å². The fraction of sp³-hybridized carbons (Fsp3) is 0.533. The Kier molecular flexibility index (Phi) is 4.97. The number of ether oxygens (including phenoxy) is 2. The summed E-state index contributed by atoms with van der Waals surface area (Å²) in [5, 5.41) is 0. The molecule has 0 amide bonds. The third-order valence-electron chi connectivity index (χ3n) is 3.37. The van der Waals surface area contributed by atoms with Gasteiger partial charge in [0.1, 0.15) is 12.2 Å². The summed E-state index contributed by atoms with van der Waals surface area (Å²) < 4.78 is 12.4. The first kappa shape index (κ1) is 16.6. The van der Waals surface area contributed by atoms with Crippen molar-refractivity contribution in [2.75, 3.05) is 13.7 Å². The van der Waals surface area contributed by atoms with E-state index in [1.807, 2.05) is 16.8 Å². The van der Waals surface area contributed by atoms with Crippen LogP contribution >= 0.6 is 0 Å². The molecule has 0 radical (unpaired) electrons. The zero-order chi connectivity index (χ0) is 16.3. The second kappa shape index (κ2) is 6.58. The van der Waals surface area contributed by atoms with Gasteiger partial charge in [-0.1, -0.05) is 19.6 Å². The standard InChI is InChI=1S/C15H23N3O3Si/c1-11-13(15(19)20-2)17-12-6-7-18(14(12)16-11)10-21-8-9-22(3,4)5/h6-7H,8-10H2,1-5H3. The van der Waals surface area contributed by atoms with E-state index < -0.39 is 14.0 Å². The van der Waals surface area contributed by atoms with E-state index in [-0.39, 0.29) is 5.69 Å². The maximum Gasteiger partial charge on any atom is 0.358 e. The van der Waals surface area contributed by atoms with E-state index >= 15 is 0 Å². The van der Waals surface area contributed by atoms with Crippen molar-refractivity contribution in [1.29, 1.82) is 0 Å². The molecule has 0 saturated carbocycles. The number of carbonyl (C=O) groups excluding carboxylic acids is 1. The molecule has 120 valence electrons. The van der Waals surface area contributed by atoms with Crippen molar-refractivity contribution in [3.8, 4) is 0 Å². The van der Waals surface area contributed by atoms with Crippen molar-refractivity contribution < 1.29 is 14.3 Å². The maximum absolute atomic E-state index is 11.6. The molecule has 0 aliphatic carbocycles. The number of aryl methyl sites for hydroxylation is 1. The molecule has 0 atom stereocenters. The molecule has 7 heteroatoms. The van der Waals surface area contributed by atoms with Crippen molar-refractivity contribution in [3.05, 3.63) is 23.7 Å². The molecule has 2 heterocycles. The number of esters is 1. The van der Waals surface area contributed by atoms with Crippen LogP contribution in [-0.4, -0.2) is 42.3 Å². The monoisotopic (exact) mass is 321 g/mol. The lowest BCUT2D eigenvalue weighted by Gasteiger charge is -2.15. The van der Waals surface area contributed by atoms with Gasteiger partial charge >= 0.3 is 5.97 Å². The topological polar surface area (TPSA) is 66.2 Å². The summed E-state index contributed by atoms with van der Waals surface area (Å²) in [7, 11) is 0.259. The minimum atomic E-state index is -1.08. The zero-order valence-corrected chi connectivity index (χ0v) is 14.8. The molecule has 2 rings (SSSR count). The lowest BCUT2D eigenvalue weighted by molar-refractivity contribution is 0.0593. The van der Waals surface area contributed by atoms with Crippen molar-refractivity contribution in [2.24, 2.45) is 0 Å². The van der Waals surface area contributed by atoms with Crippen LogP contribution in [0.4, 0.5) is 0 Å². The number of hydrogen-bond donors (Lipinski definition) is 0. The van der Waals surface area contributed by atoms with Crippen molar-refractivity contribution in [1.82, 2.24) is 14.5 Å². The van der Waals surface area contributed by atoms with E-state index in [4.69, 9.17) is 9.47 Å². The SMILES string of the molecule is COC(=O)c1nc2ccn(COCC[Si](C)(C)C)c2nc1C. The molecule has 0 fully saturated rings. The summed E-state index contributed by atoms with van der Waals surface area (Å²) in [6.07, 6.45) is 1.87. The second-order valence-electron chi connectivity index (χ2n) is 6.49. The van der Waals surface area contributed by atoms with Gasteiger partial charge in [-0.3, -0.25) is 0 Å². The van der Waals surface area contributed by atoms with E-state index in [2.05, 4.69) is 29.6 Å². The number of aromatic nitrogens is 3. The van der Waals surface area contributed by atoms with Gasteiger partial charge in [-0.25, -0.2) is 14.8 Å². The molecule has 0 aromatic carbocycles. The summed E-state index contributed by atoms with van der Waals surface area (Å²) in [5.41, 5.74) is 2.20. The molecule has 0 spiro atoms. The highest BCUT2D eigenvalue weighted by Gasteiger charge is 2.16. The van der Waals surface area contributed by atoms with Crippen LogP contribution in [0.2, 0.25) is 25.7 Å².